The van der Waals surface area contributed by atoms with Gasteiger partial charge in [-0.3, -0.25) is 0 Å². The molecule has 0 radical (unpaired) electrons. The van der Waals surface area contributed by atoms with Gasteiger partial charge in [0.05, 0.1) is 6.61 Å². The highest BCUT2D eigenvalue weighted by Gasteiger charge is 2.36. The summed E-state index contributed by atoms with van der Waals surface area (Å²) in [5.41, 5.74) is 0.322. The predicted molar refractivity (Wildman–Crippen MR) is 46.7 cm³/mol. The number of hydrogen-bond acceptors (Lipinski definition) is 2. The first-order valence-corrected chi connectivity index (χ1v) is 4.45. The maximum absolute atomic E-state index is 5.19. The van der Waals surface area contributed by atoms with Crippen molar-refractivity contribution in [2.45, 2.75) is 44.7 Å². The van der Waals surface area contributed by atoms with Crippen LogP contribution < -0.4 is 5.32 Å². The van der Waals surface area contributed by atoms with Crippen LogP contribution >= 0.6 is 0 Å². The van der Waals surface area contributed by atoms with E-state index in [9.17, 15) is 0 Å². The van der Waals surface area contributed by atoms with E-state index in [0.717, 1.165) is 6.61 Å². The summed E-state index contributed by atoms with van der Waals surface area (Å²) in [5, 5.41) is 3.57. The molecule has 1 N–H and O–H groups in total. The van der Waals surface area contributed by atoms with Crippen molar-refractivity contribution >= 4 is 0 Å². The number of nitrogens with one attached hydrogen (secondary N) is 1. The monoisotopic (exact) mass is 157 g/mol. The summed E-state index contributed by atoms with van der Waals surface area (Å²) in [6.45, 7) is 5.25. The van der Waals surface area contributed by atoms with Gasteiger partial charge in [-0.05, 0) is 19.3 Å². The summed E-state index contributed by atoms with van der Waals surface area (Å²) in [7, 11) is 1.78. The van der Waals surface area contributed by atoms with Crippen LogP contribution in [0.5, 0.6) is 0 Å². The maximum Gasteiger partial charge on any atom is 0.0644 e. The van der Waals surface area contributed by atoms with Crippen LogP contribution in [0.2, 0.25) is 0 Å². The Morgan fingerprint density at radius 1 is 1.45 bits per heavy atom. The first-order valence-electron chi connectivity index (χ1n) is 4.45. The van der Waals surface area contributed by atoms with Crippen molar-refractivity contribution in [3.05, 3.63) is 0 Å². The third kappa shape index (κ3) is 2.17. The molecule has 0 aromatic carbocycles. The number of ether oxygens (including phenoxy) is 1. The van der Waals surface area contributed by atoms with Crippen LogP contribution in [-0.4, -0.2) is 25.3 Å². The minimum atomic E-state index is 0.322. The molecule has 0 aromatic heterocycles. The summed E-state index contributed by atoms with van der Waals surface area (Å²) in [6, 6.07) is 0.574. The van der Waals surface area contributed by atoms with Crippen molar-refractivity contribution in [3.8, 4) is 0 Å². The number of hydrogen-bond donors (Lipinski definition) is 1. The number of rotatable bonds is 4. The SMILES string of the molecule is COCC1(NC(C)C)CCC1. The molecule has 66 valence electrons. The third-order valence-electron chi connectivity index (χ3n) is 2.33. The second-order valence-corrected chi connectivity index (χ2v) is 3.87. The first kappa shape index (κ1) is 9.01. The lowest BCUT2D eigenvalue weighted by molar-refractivity contribution is 0.0503. The molecule has 0 amide bonds. The molecule has 1 aliphatic carbocycles. The minimum Gasteiger partial charge on any atom is -0.383 e. The van der Waals surface area contributed by atoms with Gasteiger partial charge in [-0.2, -0.15) is 0 Å². The lowest BCUT2D eigenvalue weighted by atomic mass is 9.77. The summed E-state index contributed by atoms with van der Waals surface area (Å²) in [6.07, 6.45) is 3.90. The molecule has 1 saturated carbocycles. The van der Waals surface area contributed by atoms with E-state index in [0.29, 0.717) is 11.6 Å². The third-order valence-corrected chi connectivity index (χ3v) is 2.33. The Balaban J connectivity index is 2.33. The maximum atomic E-state index is 5.19. The summed E-state index contributed by atoms with van der Waals surface area (Å²) < 4.78 is 5.19. The molecule has 1 aliphatic rings. The van der Waals surface area contributed by atoms with Gasteiger partial charge >= 0.3 is 0 Å². The molecule has 0 unspecified atom stereocenters. The smallest absolute Gasteiger partial charge is 0.0644 e. The van der Waals surface area contributed by atoms with Crippen LogP contribution in [0.3, 0.4) is 0 Å². The molecule has 1 rings (SSSR count). The lowest BCUT2D eigenvalue weighted by Gasteiger charge is -2.43. The van der Waals surface area contributed by atoms with Crippen LogP contribution in [0.1, 0.15) is 33.1 Å². The van der Waals surface area contributed by atoms with Crippen LogP contribution in [0.25, 0.3) is 0 Å². The minimum absolute atomic E-state index is 0.322. The summed E-state index contributed by atoms with van der Waals surface area (Å²) in [5.74, 6) is 0. The van der Waals surface area contributed by atoms with Crippen LogP contribution in [0.4, 0.5) is 0 Å². The highest BCUT2D eigenvalue weighted by molar-refractivity contribution is 4.96. The van der Waals surface area contributed by atoms with E-state index in [1.165, 1.54) is 19.3 Å². The molecule has 2 nitrogen and oxygen atoms in total. The van der Waals surface area contributed by atoms with Gasteiger partial charge in [-0.1, -0.05) is 13.8 Å². The van der Waals surface area contributed by atoms with Gasteiger partial charge in [0.2, 0.25) is 0 Å². The van der Waals surface area contributed by atoms with Gasteiger partial charge in [0.15, 0.2) is 0 Å². The molecule has 0 bridgehead atoms. The van der Waals surface area contributed by atoms with Gasteiger partial charge in [0, 0.05) is 18.7 Å². The number of methoxy groups -OCH3 is 1. The molecule has 2 heteroatoms. The molecular weight excluding hydrogens is 138 g/mol. The Morgan fingerprint density at radius 2 is 2.09 bits per heavy atom. The molecule has 0 aliphatic heterocycles. The Bertz CT molecular complexity index is 119. The zero-order valence-electron chi connectivity index (χ0n) is 7.81. The van der Waals surface area contributed by atoms with E-state index in [1.54, 1.807) is 7.11 Å². The van der Waals surface area contributed by atoms with Crippen LogP contribution in [-0.2, 0) is 4.74 Å². The normalized spacial score (nSPS) is 21.8. The van der Waals surface area contributed by atoms with Crippen molar-refractivity contribution in [3.63, 3.8) is 0 Å². The molecular formula is C9H19NO. The zero-order chi connectivity index (χ0) is 8.32. The molecule has 1 fully saturated rings. The molecule has 0 heterocycles. The standard InChI is InChI=1S/C9H19NO/c1-8(2)10-9(7-11-3)5-4-6-9/h8,10H,4-7H2,1-3H3. The highest BCUT2D eigenvalue weighted by atomic mass is 16.5. The van der Waals surface area contributed by atoms with E-state index in [2.05, 4.69) is 19.2 Å². The van der Waals surface area contributed by atoms with Crippen LogP contribution in [0.15, 0.2) is 0 Å². The van der Waals surface area contributed by atoms with Crippen molar-refractivity contribution in [2.24, 2.45) is 0 Å². The topological polar surface area (TPSA) is 21.3 Å². The van der Waals surface area contributed by atoms with Crippen molar-refractivity contribution < 1.29 is 4.74 Å². The first-order chi connectivity index (χ1) is 5.18. The lowest BCUT2D eigenvalue weighted by Crippen LogP contribution is -2.56. The Morgan fingerprint density at radius 3 is 2.36 bits per heavy atom. The van der Waals surface area contributed by atoms with Gasteiger partial charge in [-0.25, -0.2) is 0 Å². The van der Waals surface area contributed by atoms with E-state index < -0.39 is 0 Å². The van der Waals surface area contributed by atoms with E-state index in [-0.39, 0.29) is 0 Å². The van der Waals surface area contributed by atoms with E-state index in [4.69, 9.17) is 4.74 Å². The average Bonchev–Trinajstić information content (AvgIpc) is 1.82. The van der Waals surface area contributed by atoms with Crippen LogP contribution in [0, 0.1) is 0 Å². The van der Waals surface area contributed by atoms with Gasteiger partial charge in [0.25, 0.3) is 0 Å². The van der Waals surface area contributed by atoms with Crippen molar-refractivity contribution in [1.82, 2.24) is 5.32 Å². The highest BCUT2D eigenvalue weighted by Crippen LogP contribution is 2.32. The predicted octanol–water partition coefficient (Wildman–Crippen LogP) is 1.55. The fraction of sp³-hybridized carbons (Fsp3) is 1.00. The molecule has 0 spiro atoms. The quantitative estimate of drug-likeness (QED) is 0.668. The average molecular weight is 157 g/mol. The fourth-order valence-corrected chi connectivity index (χ4v) is 1.82. The van der Waals surface area contributed by atoms with Gasteiger partial charge in [-0.15, -0.1) is 0 Å². The second-order valence-electron chi connectivity index (χ2n) is 3.87. The van der Waals surface area contributed by atoms with Gasteiger partial charge < -0.3 is 10.1 Å². The van der Waals surface area contributed by atoms with E-state index >= 15 is 0 Å². The molecule has 0 aromatic rings. The fourth-order valence-electron chi connectivity index (χ4n) is 1.82. The second kappa shape index (κ2) is 3.55. The van der Waals surface area contributed by atoms with Crippen molar-refractivity contribution in [1.29, 1.82) is 0 Å². The summed E-state index contributed by atoms with van der Waals surface area (Å²) >= 11 is 0. The van der Waals surface area contributed by atoms with E-state index in [1.807, 2.05) is 0 Å². The largest absolute Gasteiger partial charge is 0.383 e. The van der Waals surface area contributed by atoms with Crippen molar-refractivity contribution in [2.75, 3.05) is 13.7 Å². The summed E-state index contributed by atoms with van der Waals surface area (Å²) in [4.78, 5) is 0. The molecule has 11 heavy (non-hydrogen) atoms. The molecule has 0 saturated heterocycles. The zero-order valence-corrected chi connectivity index (χ0v) is 7.81. The Kier molecular flexibility index (Phi) is 2.90. The Labute approximate surface area is 69.3 Å². The molecule has 0 atom stereocenters. The Hall–Kier alpha value is -0.0800. The van der Waals surface area contributed by atoms with Gasteiger partial charge in [0.1, 0.15) is 0 Å².